The highest BCUT2D eigenvalue weighted by molar-refractivity contribution is 5.90. The first kappa shape index (κ1) is 31.0. The monoisotopic (exact) mass is 467 g/mol. The maximum absolute atomic E-state index is 12.5. The van der Waals surface area contributed by atoms with E-state index in [1.165, 1.54) is 25.3 Å². The fourth-order valence-electron chi connectivity index (χ4n) is 3.51. The number of nitrogens with two attached hydrogens (primary N) is 1. The second-order valence-corrected chi connectivity index (χ2v) is 9.82. The smallest absolute Gasteiger partial charge is 0.340 e. The number of rotatable bonds is 19. The topological polar surface area (TPSA) is 124 Å². The van der Waals surface area contributed by atoms with Crippen molar-refractivity contribution in [3.05, 3.63) is 12.2 Å². The van der Waals surface area contributed by atoms with Gasteiger partial charge in [-0.2, -0.15) is 0 Å². The standard InChI is InChI=1S/C26H45NO6/c1-5-6-7-10-14-17-22(29)18-15-12-9-8-11-13-16-21(20-28)26(32,19-23(27)30)24(31)33-25(2,3)4/h13,16,20-21,32H,5-12,14-15,17-19H2,1-4H3,(H2,27,30)/b16-13+/t21-,26+/m1/s1. The molecule has 7 nitrogen and oxygen atoms in total. The van der Waals surface area contributed by atoms with Gasteiger partial charge in [0.2, 0.25) is 5.91 Å². The molecule has 0 heterocycles. The van der Waals surface area contributed by atoms with Gasteiger partial charge in [0.05, 0.1) is 12.3 Å². The molecule has 0 saturated heterocycles. The van der Waals surface area contributed by atoms with Gasteiger partial charge in [-0.1, -0.05) is 57.6 Å². The number of allylic oxidation sites excluding steroid dienone is 1. The number of carbonyl (C=O) groups excluding carboxylic acids is 4. The van der Waals surface area contributed by atoms with Crippen LogP contribution in [0.2, 0.25) is 0 Å². The van der Waals surface area contributed by atoms with E-state index in [0.717, 1.165) is 38.5 Å². The van der Waals surface area contributed by atoms with Crippen LogP contribution in [0.3, 0.4) is 0 Å². The molecule has 0 saturated carbocycles. The predicted octanol–water partition coefficient (Wildman–Crippen LogP) is 4.58. The molecule has 0 unspecified atom stereocenters. The third-order valence-corrected chi connectivity index (χ3v) is 5.37. The SMILES string of the molecule is CCCCCCCC(=O)CCCCCC/C=C/[C@H](C=O)[C@@](O)(CC(N)=O)C(=O)OC(C)(C)C. The van der Waals surface area contributed by atoms with E-state index in [-0.39, 0.29) is 0 Å². The third kappa shape index (κ3) is 14.7. The first-order valence-corrected chi connectivity index (χ1v) is 12.3. The molecule has 3 N–H and O–H groups in total. The van der Waals surface area contributed by atoms with Crippen LogP contribution in [0.25, 0.3) is 0 Å². The number of aliphatic hydroxyl groups is 1. The lowest BCUT2D eigenvalue weighted by atomic mass is 9.84. The molecule has 0 aromatic carbocycles. The van der Waals surface area contributed by atoms with Crippen LogP contribution in [0.5, 0.6) is 0 Å². The Kier molecular flexibility index (Phi) is 15.6. The number of amides is 1. The van der Waals surface area contributed by atoms with Crippen molar-refractivity contribution in [1.82, 2.24) is 0 Å². The van der Waals surface area contributed by atoms with E-state index >= 15 is 0 Å². The maximum Gasteiger partial charge on any atom is 0.340 e. The number of hydrogen-bond acceptors (Lipinski definition) is 6. The van der Waals surface area contributed by atoms with Crippen LogP contribution < -0.4 is 5.73 Å². The van der Waals surface area contributed by atoms with Gasteiger partial charge in [0.1, 0.15) is 17.7 Å². The van der Waals surface area contributed by atoms with E-state index in [9.17, 15) is 24.3 Å². The summed E-state index contributed by atoms with van der Waals surface area (Å²) < 4.78 is 5.20. The summed E-state index contributed by atoms with van der Waals surface area (Å²) in [6.07, 6.45) is 14.3. The number of ketones is 1. The Labute approximate surface area is 199 Å². The van der Waals surface area contributed by atoms with Gasteiger partial charge in [0.15, 0.2) is 5.60 Å². The summed E-state index contributed by atoms with van der Waals surface area (Å²) >= 11 is 0. The molecule has 0 radical (unpaired) electrons. The highest BCUT2D eigenvalue weighted by Gasteiger charge is 2.47. The molecule has 1 amide bonds. The van der Waals surface area contributed by atoms with Gasteiger partial charge >= 0.3 is 5.97 Å². The predicted molar refractivity (Wildman–Crippen MR) is 129 cm³/mol. The molecule has 0 rings (SSSR count). The Morgan fingerprint density at radius 2 is 1.48 bits per heavy atom. The van der Waals surface area contributed by atoms with Crippen molar-refractivity contribution in [3.63, 3.8) is 0 Å². The Hall–Kier alpha value is -2.02. The van der Waals surface area contributed by atoms with Crippen LogP contribution in [-0.2, 0) is 23.9 Å². The van der Waals surface area contributed by atoms with Crippen LogP contribution in [0.15, 0.2) is 12.2 Å². The van der Waals surface area contributed by atoms with Crippen molar-refractivity contribution < 1.29 is 29.0 Å². The minimum atomic E-state index is -2.34. The lowest BCUT2D eigenvalue weighted by molar-refractivity contribution is -0.183. The molecule has 0 aromatic heterocycles. The molecule has 0 bridgehead atoms. The minimum Gasteiger partial charge on any atom is -0.458 e. The van der Waals surface area contributed by atoms with Gasteiger partial charge < -0.3 is 20.4 Å². The first-order valence-electron chi connectivity index (χ1n) is 12.3. The summed E-state index contributed by atoms with van der Waals surface area (Å²) in [6, 6.07) is 0. The second kappa shape index (κ2) is 16.6. The van der Waals surface area contributed by atoms with E-state index in [2.05, 4.69) is 6.92 Å². The third-order valence-electron chi connectivity index (χ3n) is 5.37. The molecule has 0 spiro atoms. The molecule has 0 fully saturated rings. The van der Waals surface area contributed by atoms with Gasteiger partial charge in [0.25, 0.3) is 0 Å². The van der Waals surface area contributed by atoms with Crippen molar-refractivity contribution in [3.8, 4) is 0 Å². The van der Waals surface area contributed by atoms with Crippen LogP contribution in [0.1, 0.15) is 111 Å². The van der Waals surface area contributed by atoms with Crippen LogP contribution in [-0.4, -0.2) is 40.3 Å². The van der Waals surface area contributed by atoms with Gasteiger partial charge in [0, 0.05) is 12.8 Å². The number of ether oxygens (including phenoxy) is 1. The Morgan fingerprint density at radius 1 is 0.939 bits per heavy atom. The molecular weight excluding hydrogens is 422 g/mol. The summed E-state index contributed by atoms with van der Waals surface area (Å²) in [5.41, 5.74) is 1.96. The zero-order valence-electron chi connectivity index (χ0n) is 21.1. The lowest BCUT2D eigenvalue weighted by Gasteiger charge is -2.32. The van der Waals surface area contributed by atoms with Crippen molar-refractivity contribution in [2.75, 3.05) is 0 Å². The van der Waals surface area contributed by atoms with Crippen LogP contribution in [0, 0.1) is 5.92 Å². The number of Topliss-reactive ketones (excluding diaryl/α,β-unsaturated/α-hetero) is 1. The zero-order valence-corrected chi connectivity index (χ0v) is 21.1. The number of hydrogen-bond donors (Lipinski definition) is 2. The highest BCUT2D eigenvalue weighted by Crippen LogP contribution is 2.26. The van der Waals surface area contributed by atoms with E-state index in [4.69, 9.17) is 10.5 Å². The largest absolute Gasteiger partial charge is 0.458 e. The average Bonchev–Trinajstić information content (AvgIpc) is 2.70. The fraction of sp³-hybridized carbons (Fsp3) is 0.769. The van der Waals surface area contributed by atoms with Gasteiger partial charge in [-0.25, -0.2) is 4.79 Å². The van der Waals surface area contributed by atoms with Crippen molar-refractivity contribution >= 4 is 23.9 Å². The minimum absolute atomic E-state index is 0.344. The summed E-state index contributed by atoms with van der Waals surface area (Å²) in [5, 5.41) is 10.8. The fourth-order valence-corrected chi connectivity index (χ4v) is 3.51. The Balaban J connectivity index is 4.42. The van der Waals surface area contributed by atoms with Gasteiger partial charge in [-0.05, 0) is 46.5 Å². The van der Waals surface area contributed by atoms with E-state index in [1.54, 1.807) is 26.8 Å². The molecule has 0 aromatic rings. The number of unbranched alkanes of at least 4 members (excludes halogenated alkanes) is 8. The molecule has 0 aliphatic rings. The molecule has 33 heavy (non-hydrogen) atoms. The number of primary amides is 1. The van der Waals surface area contributed by atoms with Crippen LogP contribution in [0.4, 0.5) is 0 Å². The summed E-state index contributed by atoms with van der Waals surface area (Å²) in [5.74, 6) is -2.85. The van der Waals surface area contributed by atoms with E-state index in [1.807, 2.05) is 0 Å². The molecule has 2 atom stereocenters. The quantitative estimate of drug-likeness (QED) is 0.124. The highest BCUT2D eigenvalue weighted by atomic mass is 16.6. The average molecular weight is 468 g/mol. The Bertz CT molecular complexity index is 637. The van der Waals surface area contributed by atoms with E-state index in [0.29, 0.717) is 31.3 Å². The number of esters is 1. The number of carbonyl (C=O) groups is 4. The van der Waals surface area contributed by atoms with E-state index < -0.39 is 35.4 Å². The van der Waals surface area contributed by atoms with Gasteiger partial charge in [-0.3, -0.25) is 9.59 Å². The zero-order chi connectivity index (χ0) is 25.3. The van der Waals surface area contributed by atoms with Crippen molar-refractivity contribution in [1.29, 1.82) is 0 Å². The number of aldehydes is 1. The molecule has 0 aliphatic carbocycles. The normalized spacial score (nSPS) is 14.6. The first-order chi connectivity index (χ1) is 15.5. The summed E-state index contributed by atoms with van der Waals surface area (Å²) in [7, 11) is 0. The summed E-state index contributed by atoms with van der Waals surface area (Å²) in [6.45, 7) is 7.06. The van der Waals surface area contributed by atoms with Gasteiger partial charge in [-0.15, -0.1) is 0 Å². The lowest BCUT2D eigenvalue weighted by Crippen LogP contribution is -2.51. The molecular formula is C26H45NO6. The maximum atomic E-state index is 12.5. The van der Waals surface area contributed by atoms with Crippen molar-refractivity contribution in [2.24, 2.45) is 11.7 Å². The summed E-state index contributed by atoms with van der Waals surface area (Å²) in [4.78, 5) is 47.4. The molecule has 0 aliphatic heterocycles. The van der Waals surface area contributed by atoms with Crippen molar-refractivity contribution in [2.45, 2.75) is 122 Å². The molecule has 7 heteroatoms. The molecule has 190 valence electrons. The second-order valence-electron chi connectivity index (χ2n) is 9.82. The van der Waals surface area contributed by atoms with Crippen LogP contribution >= 0.6 is 0 Å². The Morgan fingerprint density at radius 3 is 1.97 bits per heavy atom.